The molecule has 11 heteroatoms. The Hall–Kier alpha value is -6.10. The van der Waals surface area contributed by atoms with Gasteiger partial charge in [0.1, 0.15) is 51.2 Å². The summed E-state index contributed by atoms with van der Waals surface area (Å²) in [6, 6.07) is 13.7. The van der Waals surface area contributed by atoms with E-state index in [-0.39, 0.29) is 68.6 Å². The Morgan fingerprint density at radius 2 is 1.39 bits per heavy atom. The molecule has 234 valence electrons. The largest absolute Gasteiger partial charge is 0.508 e. The summed E-state index contributed by atoms with van der Waals surface area (Å²) in [6.45, 7) is 1.81. The molecule has 0 amide bonds. The highest BCUT2D eigenvalue weighted by Gasteiger charge is 2.42. The Bertz CT molecular complexity index is 2140. The van der Waals surface area contributed by atoms with E-state index in [0.717, 1.165) is 29.8 Å². The van der Waals surface area contributed by atoms with Gasteiger partial charge in [-0.25, -0.2) is 0 Å². The molecule has 6 rings (SSSR count). The van der Waals surface area contributed by atoms with Crippen LogP contribution in [0.4, 0.5) is 0 Å². The summed E-state index contributed by atoms with van der Waals surface area (Å²) in [6.07, 6.45) is 2.05. The van der Waals surface area contributed by atoms with Gasteiger partial charge in [-0.2, -0.15) is 0 Å². The lowest BCUT2D eigenvalue weighted by atomic mass is 9.65. The van der Waals surface area contributed by atoms with Crippen molar-refractivity contribution in [3.05, 3.63) is 105 Å². The second kappa shape index (κ2) is 11.1. The average molecular weight is 625 g/mol. The van der Waals surface area contributed by atoms with Crippen LogP contribution in [0.15, 0.2) is 87.6 Å². The van der Waals surface area contributed by atoms with Gasteiger partial charge in [0.25, 0.3) is 0 Å². The molecular formula is C35H28O11. The van der Waals surface area contributed by atoms with Crippen molar-refractivity contribution in [1.29, 1.82) is 0 Å². The molecule has 5 aromatic rings. The minimum absolute atomic E-state index is 0.113. The fourth-order valence-electron chi connectivity index (χ4n) is 6.32. The van der Waals surface area contributed by atoms with Crippen LogP contribution in [0.1, 0.15) is 46.7 Å². The lowest BCUT2D eigenvalue weighted by Gasteiger charge is -2.37. The van der Waals surface area contributed by atoms with E-state index in [2.05, 4.69) is 0 Å². The first-order chi connectivity index (χ1) is 21.8. The lowest BCUT2D eigenvalue weighted by molar-refractivity contribution is 0.0877. The number of hydrogen-bond acceptors (Lipinski definition) is 11. The van der Waals surface area contributed by atoms with Crippen molar-refractivity contribution in [2.45, 2.75) is 25.2 Å². The first-order valence-electron chi connectivity index (χ1n) is 14.1. The van der Waals surface area contributed by atoms with Gasteiger partial charge in [-0.15, -0.1) is 0 Å². The number of benzene rings is 4. The van der Waals surface area contributed by atoms with Crippen LogP contribution >= 0.6 is 0 Å². The topological polar surface area (TPSA) is 209 Å². The number of phenols is 7. The Labute approximate surface area is 260 Å². The van der Waals surface area contributed by atoms with Gasteiger partial charge in [-0.3, -0.25) is 9.59 Å². The first-order valence-corrected chi connectivity index (χ1v) is 14.1. The van der Waals surface area contributed by atoms with Gasteiger partial charge >= 0.3 is 0 Å². The number of allylic oxidation sites excluding steroid dienone is 2. The summed E-state index contributed by atoms with van der Waals surface area (Å²) in [7, 11) is 0. The number of Topliss-reactive ketones (excluding diaryl/α,β-unsaturated/α-hetero) is 1. The summed E-state index contributed by atoms with van der Waals surface area (Å²) < 4.78 is 5.76. The average Bonchev–Trinajstić information content (AvgIpc) is 2.98. The quantitative estimate of drug-likeness (QED) is 0.0862. The minimum atomic E-state index is -1.07. The predicted molar refractivity (Wildman–Crippen MR) is 166 cm³/mol. The van der Waals surface area contributed by atoms with Crippen molar-refractivity contribution >= 4 is 16.8 Å². The third kappa shape index (κ3) is 5.07. The van der Waals surface area contributed by atoms with Crippen molar-refractivity contribution in [2.75, 3.05) is 0 Å². The Morgan fingerprint density at radius 3 is 2.09 bits per heavy atom. The molecule has 4 aromatic carbocycles. The van der Waals surface area contributed by atoms with E-state index in [1.165, 1.54) is 42.5 Å². The number of phenolic OH excluding ortho intramolecular Hbond substituents is 7. The van der Waals surface area contributed by atoms with Gasteiger partial charge in [0.05, 0.1) is 5.56 Å². The van der Waals surface area contributed by atoms with E-state index in [1.807, 2.05) is 6.92 Å². The molecule has 3 unspecified atom stereocenters. The molecule has 0 radical (unpaired) electrons. The smallest absolute Gasteiger partial charge is 0.238 e. The second-order valence-corrected chi connectivity index (χ2v) is 11.4. The van der Waals surface area contributed by atoms with Crippen molar-refractivity contribution in [3.8, 4) is 57.3 Å². The molecule has 1 aliphatic rings. The molecule has 1 heterocycles. The van der Waals surface area contributed by atoms with E-state index < -0.39 is 46.2 Å². The zero-order valence-electron chi connectivity index (χ0n) is 24.2. The van der Waals surface area contributed by atoms with Crippen LogP contribution in [0, 0.1) is 5.92 Å². The summed E-state index contributed by atoms with van der Waals surface area (Å²) in [5, 5.41) is 83.1. The van der Waals surface area contributed by atoms with Gasteiger partial charge in [0.2, 0.25) is 11.2 Å². The molecule has 0 bridgehead atoms. The van der Waals surface area contributed by atoms with Gasteiger partial charge in [0.15, 0.2) is 11.5 Å². The molecule has 1 aromatic heterocycles. The van der Waals surface area contributed by atoms with E-state index in [9.17, 15) is 50.4 Å². The fraction of sp³-hybridized carbons (Fsp3) is 0.143. The minimum Gasteiger partial charge on any atom is -0.508 e. The number of carbonyl (C=O) groups is 1. The van der Waals surface area contributed by atoms with Crippen LogP contribution in [0.5, 0.6) is 46.0 Å². The monoisotopic (exact) mass is 624 g/mol. The Morgan fingerprint density at radius 1 is 0.717 bits per heavy atom. The number of fused-ring (bicyclic) bond motifs is 1. The van der Waals surface area contributed by atoms with E-state index in [1.54, 1.807) is 6.08 Å². The maximum atomic E-state index is 14.3. The van der Waals surface area contributed by atoms with Crippen LogP contribution in [-0.4, -0.2) is 46.6 Å². The van der Waals surface area contributed by atoms with E-state index in [4.69, 9.17) is 4.42 Å². The number of carbonyl (C=O) groups excluding carboxylic acids is 1. The standard InChI is InChI=1S/C35H28O11/c1-15-8-23(20-5-3-17(36)11-26(20)40)30(32(43)21-6-4-18(37)12-27(21)41)24(9-15)22-10-16(2-7-25(22)39)35-34(45)33(44)31-28(42)13-19(38)14-29(31)46-35/h2-7,9-14,23-24,30,36-42,45H,8H2,1H3. The number of hydrogen-bond donors (Lipinski definition) is 8. The van der Waals surface area contributed by atoms with Gasteiger partial charge in [-0.1, -0.05) is 17.7 Å². The number of rotatable bonds is 5. The summed E-state index contributed by atoms with van der Waals surface area (Å²) >= 11 is 0. The van der Waals surface area contributed by atoms with Crippen LogP contribution in [0.25, 0.3) is 22.3 Å². The third-order valence-corrected chi connectivity index (χ3v) is 8.37. The molecule has 0 saturated carbocycles. The Balaban J connectivity index is 1.56. The van der Waals surface area contributed by atoms with Crippen molar-refractivity contribution < 1.29 is 50.1 Å². The van der Waals surface area contributed by atoms with Crippen molar-refractivity contribution in [3.63, 3.8) is 0 Å². The predicted octanol–water partition coefficient (Wildman–Crippen LogP) is 5.82. The SMILES string of the molecule is CC1=CC(c2cc(-c3oc4cc(O)cc(O)c4c(=O)c3O)ccc2O)C(C(=O)c2ccc(O)cc2O)C(c2ccc(O)cc2O)C1. The maximum Gasteiger partial charge on any atom is 0.238 e. The first kappa shape index (κ1) is 29.9. The number of ketones is 1. The highest BCUT2D eigenvalue weighted by atomic mass is 16.4. The molecule has 0 saturated heterocycles. The molecule has 3 atom stereocenters. The molecule has 0 spiro atoms. The van der Waals surface area contributed by atoms with Gasteiger partial charge in [0, 0.05) is 53.1 Å². The summed E-state index contributed by atoms with van der Waals surface area (Å²) in [4.78, 5) is 27.4. The van der Waals surface area contributed by atoms with Crippen LogP contribution < -0.4 is 5.43 Å². The Kier molecular flexibility index (Phi) is 7.24. The van der Waals surface area contributed by atoms with Crippen molar-refractivity contribution in [1.82, 2.24) is 0 Å². The molecule has 11 nitrogen and oxygen atoms in total. The van der Waals surface area contributed by atoms with E-state index >= 15 is 0 Å². The molecule has 0 aliphatic heterocycles. The third-order valence-electron chi connectivity index (χ3n) is 8.37. The molecular weight excluding hydrogens is 596 g/mol. The molecule has 0 fully saturated rings. The highest BCUT2D eigenvalue weighted by molar-refractivity contribution is 6.02. The van der Waals surface area contributed by atoms with Gasteiger partial charge < -0.3 is 45.3 Å². The summed E-state index contributed by atoms with van der Waals surface area (Å²) in [5.41, 5.74) is 0.131. The van der Waals surface area contributed by atoms with Crippen LogP contribution in [0.2, 0.25) is 0 Å². The number of aromatic hydroxyl groups is 8. The molecule has 46 heavy (non-hydrogen) atoms. The zero-order valence-corrected chi connectivity index (χ0v) is 24.2. The lowest BCUT2D eigenvalue weighted by Crippen LogP contribution is -2.31. The summed E-state index contributed by atoms with van der Waals surface area (Å²) in [5.74, 6) is -6.86. The normalized spacial score (nSPS) is 17.9. The molecule has 1 aliphatic carbocycles. The molecule has 8 N–H and O–H groups in total. The zero-order chi connectivity index (χ0) is 33.0. The highest BCUT2D eigenvalue weighted by Crippen LogP contribution is 2.51. The van der Waals surface area contributed by atoms with Gasteiger partial charge in [-0.05, 0) is 55.3 Å². The second-order valence-electron chi connectivity index (χ2n) is 11.4. The maximum absolute atomic E-state index is 14.3. The van der Waals surface area contributed by atoms with Crippen LogP contribution in [-0.2, 0) is 0 Å². The fourth-order valence-corrected chi connectivity index (χ4v) is 6.32. The van der Waals surface area contributed by atoms with Crippen LogP contribution in [0.3, 0.4) is 0 Å². The van der Waals surface area contributed by atoms with E-state index in [0.29, 0.717) is 5.56 Å². The van der Waals surface area contributed by atoms with Crippen molar-refractivity contribution in [2.24, 2.45) is 5.92 Å².